The van der Waals surface area contributed by atoms with E-state index in [1.54, 1.807) is 14.1 Å². The van der Waals surface area contributed by atoms with Crippen LogP contribution in [0, 0.1) is 0 Å². The molecule has 0 saturated heterocycles. The molecule has 6 nitrogen and oxygen atoms in total. The third-order valence-corrected chi connectivity index (χ3v) is 5.00. The average molecular weight is 393 g/mol. The second-order valence-corrected chi connectivity index (χ2v) is 7.22. The largest absolute Gasteiger partial charge is 0.483 e. The van der Waals surface area contributed by atoms with Crippen LogP contribution in [-0.4, -0.2) is 42.0 Å². The number of nitrogens with one attached hydrogen (secondary N) is 1. The highest BCUT2D eigenvalue weighted by Gasteiger charge is 2.21. The van der Waals surface area contributed by atoms with E-state index in [0.717, 1.165) is 16.5 Å². The molecular weight excluding hydrogens is 366 g/mol. The van der Waals surface area contributed by atoms with Crippen molar-refractivity contribution in [2.24, 2.45) is 7.05 Å². The van der Waals surface area contributed by atoms with Crippen molar-refractivity contribution in [1.29, 1.82) is 0 Å². The molecule has 2 amide bonds. The Morgan fingerprint density at radius 3 is 2.52 bits per heavy atom. The highest BCUT2D eigenvalue weighted by molar-refractivity contribution is 6.07. The van der Waals surface area contributed by atoms with E-state index >= 15 is 0 Å². The van der Waals surface area contributed by atoms with Crippen molar-refractivity contribution in [3.05, 3.63) is 65.9 Å². The number of carbonyl (C=O) groups is 2. The summed E-state index contributed by atoms with van der Waals surface area (Å²) in [4.78, 5) is 26.4. The van der Waals surface area contributed by atoms with Gasteiger partial charge in [0.15, 0.2) is 6.61 Å². The summed E-state index contributed by atoms with van der Waals surface area (Å²) in [5.74, 6) is 0.355. The number of benzene rings is 2. The van der Waals surface area contributed by atoms with Crippen LogP contribution in [0.25, 0.3) is 10.9 Å². The van der Waals surface area contributed by atoms with Crippen LogP contribution in [-0.2, 0) is 11.8 Å². The van der Waals surface area contributed by atoms with Crippen molar-refractivity contribution < 1.29 is 14.3 Å². The first-order valence-electron chi connectivity index (χ1n) is 9.69. The molecule has 0 aliphatic rings. The molecule has 1 heterocycles. The number of para-hydroxylation sites is 2. The molecule has 3 aromatic rings. The van der Waals surface area contributed by atoms with Crippen LogP contribution in [0.3, 0.4) is 0 Å². The van der Waals surface area contributed by atoms with Crippen molar-refractivity contribution in [2.45, 2.75) is 19.4 Å². The lowest BCUT2D eigenvalue weighted by Gasteiger charge is -2.21. The average Bonchev–Trinajstić information content (AvgIpc) is 3.07. The summed E-state index contributed by atoms with van der Waals surface area (Å²) in [5, 5.41) is 4.05. The molecule has 29 heavy (non-hydrogen) atoms. The molecule has 152 valence electrons. The SMILES string of the molecule is CCC(NC(=O)c1cn(C)c2ccccc12)c1ccccc1OCC(=O)N(C)C. The number of likely N-dealkylation sites (N-methyl/N-ethyl adjacent to an activating group) is 1. The fraction of sp³-hybridized carbons (Fsp3) is 0.304. The van der Waals surface area contributed by atoms with Gasteiger partial charge in [0.1, 0.15) is 5.75 Å². The molecule has 1 N–H and O–H groups in total. The maximum Gasteiger partial charge on any atom is 0.259 e. The summed E-state index contributed by atoms with van der Waals surface area (Å²) in [7, 11) is 5.31. The lowest BCUT2D eigenvalue weighted by Crippen LogP contribution is -2.30. The number of rotatable bonds is 7. The van der Waals surface area contributed by atoms with Gasteiger partial charge in [0.25, 0.3) is 11.8 Å². The number of aromatic nitrogens is 1. The van der Waals surface area contributed by atoms with E-state index < -0.39 is 0 Å². The Balaban J connectivity index is 1.83. The van der Waals surface area contributed by atoms with Gasteiger partial charge in [-0.15, -0.1) is 0 Å². The van der Waals surface area contributed by atoms with Crippen molar-refractivity contribution in [3.63, 3.8) is 0 Å². The Morgan fingerprint density at radius 2 is 1.79 bits per heavy atom. The van der Waals surface area contributed by atoms with E-state index in [1.165, 1.54) is 4.90 Å². The minimum absolute atomic E-state index is 0.0439. The van der Waals surface area contributed by atoms with Crippen LogP contribution in [0.1, 0.15) is 35.3 Å². The lowest BCUT2D eigenvalue weighted by atomic mass is 10.0. The first kappa shape index (κ1) is 20.5. The monoisotopic (exact) mass is 393 g/mol. The molecule has 0 bridgehead atoms. The van der Waals surface area contributed by atoms with Gasteiger partial charge in [0.2, 0.25) is 0 Å². The lowest BCUT2D eigenvalue weighted by molar-refractivity contribution is -0.130. The fourth-order valence-electron chi connectivity index (χ4n) is 3.33. The van der Waals surface area contributed by atoms with Crippen molar-refractivity contribution >= 4 is 22.7 Å². The maximum absolute atomic E-state index is 13.1. The van der Waals surface area contributed by atoms with Crippen LogP contribution in [0.5, 0.6) is 5.75 Å². The van der Waals surface area contributed by atoms with E-state index in [4.69, 9.17) is 4.74 Å². The van der Waals surface area contributed by atoms with Crippen LogP contribution in [0.15, 0.2) is 54.7 Å². The summed E-state index contributed by atoms with van der Waals surface area (Å²) in [6.07, 6.45) is 2.55. The van der Waals surface area contributed by atoms with Crippen LogP contribution in [0.4, 0.5) is 0 Å². The molecule has 3 rings (SSSR count). The Morgan fingerprint density at radius 1 is 1.10 bits per heavy atom. The zero-order chi connectivity index (χ0) is 21.0. The number of fused-ring (bicyclic) bond motifs is 1. The van der Waals surface area contributed by atoms with Crippen LogP contribution < -0.4 is 10.1 Å². The van der Waals surface area contributed by atoms with E-state index in [-0.39, 0.29) is 24.5 Å². The fourth-order valence-corrected chi connectivity index (χ4v) is 3.33. The second-order valence-electron chi connectivity index (χ2n) is 7.22. The molecule has 1 unspecified atom stereocenters. The number of aryl methyl sites for hydroxylation is 1. The Kier molecular flexibility index (Phi) is 6.22. The van der Waals surface area contributed by atoms with E-state index in [1.807, 2.05) is 73.3 Å². The smallest absolute Gasteiger partial charge is 0.259 e. The van der Waals surface area contributed by atoms with E-state index in [0.29, 0.717) is 17.7 Å². The first-order chi connectivity index (χ1) is 13.9. The molecule has 0 aliphatic carbocycles. The number of hydrogen-bond donors (Lipinski definition) is 1. The number of hydrogen-bond acceptors (Lipinski definition) is 3. The zero-order valence-electron chi connectivity index (χ0n) is 17.3. The number of nitrogens with zero attached hydrogens (tertiary/aromatic N) is 2. The van der Waals surface area contributed by atoms with Gasteiger partial charge in [0, 0.05) is 43.8 Å². The standard InChI is InChI=1S/C23H27N3O3/c1-5-19(17-11-7-9-13-21(17)29-15-22(27)25(2)3)24-23(28)18-14-26(4)20-12-8-6-10-16(18)20/h6-14,19H,5,15H2,1-4H3,(H,24,28). The molecule has 0 radical (unpaired) electrons. The van der Waals surface area contributed by atoms with Gasteiger partial charge >= 0.3 is 0 Å². The maximum atomic E-state index is 13.1. The molecule has 2 aromatic carbocycles. The summed E-state index contributed by atoms with van der Waals surface area (Å²) >= 11 is 0. The van der Waals surface area contributed by atoms with Crippen molar-refractivity contribution in [1.82, 2.24) is 14.8 Å². The van der Waals surface area contributed by atoms with Gasteiger partial charge in [-0.2, -0.15) is 0 Å². The number of carbonyl (C=O) groups excluding carboxylic acids is 2. The Hall–Kier alpha value is -3.28. The van der Waals surface area contributed by atoms with Gasteiger partial charge in [-0.25, -0.2) is 0 Å². The molecule has 0 fully saturated rings. The summed E-state index contributed by atoms with van der Waals surface area (Å²) < 4.78 is 7.71. The number of ether oxygens (including phenoxy) is 1. The van der Waals surface area contributed by atoms with Crippen molar-refractivity contribution in [3.8, 4) is 5.75 Å². The van der Waals surface area contributed by atoms with Crippen LogP contribution in [0.2, 0.25) is 0 Å². The van der Waals surface area contributed by atoms with Crippen LogP contribution >= 0.6 is 0 Å². The Labute approximate surface area is 171 Å². The van der Waals surface area contributed by atoms with Gasteiger partial charge in [-0.1, -0.05) is 43.3 Å². The quantitative estimate of drug-likeness (QED) is 0.668. The summed E-state index contributed by atoms with van der Waals surface area (Å²) in [6.45, 7) is 1.97. The first-order valence-corrected chi connectivity index (χ1v) is 9.69. The van der Waals surface area contributed by atoms with Crippen molar-refractivity contribution in [2.75, 3.05) is 20.7 Å². The third-order valence-electron chi connectivity index (χ3n) is 5.00. The number of amides is 2. The highest BCUT2D eigenvalue weighted by atomic mass is 16.5. The molecule has 6 heteroatoms. The second kappa shape index (κ2) is 8.82. The Bertz CT molecular complexity index is 1020. The van der Waals surface area contributed by atoms with Gasteiger partial charge in [0.05, 0.1) is 11.6 Å². The molecule has 0 spiro atoms. The normalized spacial score (nSPS) is 11.9. The summed E-state index contributed by atoms with van der Waals surface area (Å²) in [6, 6.07) is 15.1. The zero-order valence-corrected chi connectivity index (χ0v) is 17.3. The van der Waals surface area contributed by atoms with Gasteiger partial charge in [-0.3, -0.25) is 9.59 Å². The van der Waals surface area contributed by atoms with E-state index in [9.17, 15) is 9.59 Å². The molecule has 1 aromatic heterocycles. The van der Waals surface area contributed by atoms with E-state index in [2.05, 4.69) is 5.32 Å². The summed E-state index contributed by atoms with van der Waals surface area (Å²) in [5.41, 5.74) is 2.51. The molecule has 0 saturated carbocycles. The minimum Gasteiger partial charge on any atom is -0.483 e. The molecule has 0 aliphatic heterocycles. The highest BCUT2D eigenvalue weighted by Crippen LogP contribution is 2.28. The molecule has 1 atom stereocenters. The van der Waals surface area contributed by atoms with Gasteiger partial charge < -0.3 is 19.5 Å². The predicted octanol–water partition coefficient (Wildman–Crippen LogP) is 3.53. The third kappa shape index (κ3) is 4.42. The molecular formula is C23H27N3O3. The van der Waals surface area contributed by atoms with Gasteiger partial charge in [-0.05, 0) is 18.6 Å². The topological polar surface area (TPSA) is 63.6 Å². The predicted molar refractivity (Wildman–Crippen MR) is 114 cm³/mol. The minimum atomic E-state index is -0.230.